The van der Waals surface area contributed by atoms with Crippen LogP contribution >= 0.6 is 0 Å². The minimum Gasteiger partial charge on any atom is -0.431 e. The van der Waals surface area contributed by atoms with E-state index in [2.05, 4.69) is 15.2 Å². The number of nitrogens with zero attached hydrogens (tertiary/aromatic N) is 2. The Morgan fingerprint density at radius 3 is 3.00 bits per heavy atom. The number of nitrogen functional groups attached to an aromatic ring is 1. The number of hydrogen-bond acceptors (Lipinski definition) is 7. The number of fused-ring (bicyclic) bond motifs is 1. The molecule has 144 valence electrons. The van der Waals surface area contributed by atoms with Gasteiger partial charge in [0.2, 0.25) is 0 Å². The Balaban J connectivity index is 1.77. The summed E-state index contributed by atoms with van der Waals surface area (Å²) in [5, 5.41) is 4.22. The van der Waals surface area contributed by atoms with Gasteiger partial charge in [0, 0.05) is 31.2 Å². The van der Waals surface area contributed by atoms with Gasteiger partial charge >= 0.3 is 5.97 Å². The van der Waals surface area contributed by atoms with Crippen molar-refractivity contribution in [2.75, 3.05) is 50.4 Å². The molecule has 1 aliphatic rings. The van der Waals surface area contributed by atoms with E-state index in [-0.39, 0.29) is 0 Å². The first-order chi connectivity index (χ1) is 13.2. The number of esters is 1. The molecule has 0 amide bonds. The monoisotopic (exact) mass is 370 g/mol. The molecule has 7 heteroatoms. The van der Waals surface area contributed by atoms with E-state index in [0.29, 0.717) is 22.5 Å². The third-order valence-corrected chi connectivity index (χ3v) is 4.52. The summed E-state index contributed by atoms with van der Waals surface area (Å²) >= 11 is 0. The van der Waals surface area contributed by atoms with Gasteiger partial charge in [0.15, 0.2) is 0 Å². The summed E-state index contributed by atoms with van der Waals surface area (Å²) < 4.78 is 10.5. The zero-order chi connectivity index (χ0) is 19.1. The number of nitrogens with two attached hydrogens (primary N) is 1. The molecule has 0 bridgehead atoms. The number of anilines is 2. The quantitative estimate of drug-likeness (QED) is 0.335. The molecule has 3 rings (SSSR count). The Hall–Kier alpha value is -2.64. The average molecular weight is 370 g/mol. The van der Waals surface area contributed by atoms with Gasteiger partial charge in [0.05, 0.1) is 36.4 Å². The summed E-state index contributed by atoms with van der Waals surface area (Å²) in [6.07, 6.45) is 5.51. The number of carbonyl (C=O) groups is 1. The van der Waals surface area contributed by atoms with Gasteiger partial charge in [-0.1, -0.05) is 18.2 Å². The number of para-hydroxylation sites is 1. The van der Waals surface area contributed by atoms with Crippen molar-refractivity contribution in [1.29, 1.82) is 0 Å². The highest BCUT2D eigenvalue weighted by Crippen LogP contribution is 2.29. The number of carbonyl (C=O) groups excluding carboxylic acids is 1. The van der Waals surface area contributed by atoms with Crippen molar-refractivity contribution in [3.8, 4) is 0 Å². The Bertz CT molecular complexity index is 816. The van der Waals surface area contributed by atoms with Gasteiger partial charge in [-0.15, -0.1) is 0 Å². The predicted octanol–water partition coefficient (Wildman–Crippen LogP) is 2.64. The summed E-state index contributed by atoms with van der Waals surface area (Å²) in [5.74, 6) is -0.444. The maximum atomic E-state index is 12.4. The number of allylic oxidation sites excluding steroid dienone is 1. The number of ether oxygens (including phenoxy) is 2. The first-order valence-electron chi connectivity index (χ1n) is 9.24. The number of morpholine rings is 1. The van der Waals surface area contributed by atoms with Crippen molar-refractivity contribution in [2.45, 2.75) is 13.3 Å². The van der Waals surface area contributed by atoms with Crippen LogP contribution in [-0.2, 0) is 9.47 Å². The molecular weight excluding hydrogens is 344 g/mol. The first-order valence-corrected chi connectivity index (χ1v) is 9.24. The van der Waals surface area contributed by atoms with Crippen LogP contribution in [0.15, 0.2) is 36.7 Å². The summed E-state index contributed by atoms with van der Waals surface area (Å²) in [7, 11) is 0. The standard InChI is InChI=1S/C20H26N4O3/c1-2-11-27-20(25)16-14-23-19-15(5-3-6-17(19)21)18(16)22-7-4-8-24-9-12-26-13-10-24/h2-3,5-6,11,14H,4,7-10,12-13,21H2,1H3,(H,22,23)/b11-2+. The zero-order valence-corrected chi connectivity index (χ0v) is 15.6. The maximum absolute atomic E-state index is 12.4. The molecule has 3 N–H and O–H groups in total. The zero-order valence-electron chi connectivity index (χ0n) is 15.6. The summed E-state index contributed by atoms with van der Waals surface area (Å²) in [5.41, 5.74) is 8.42. The van der Waals surface area contributed by atoms with Crippen LogP contribution < -0.4 is 11.1 Å². The molecule has 0 unspecified atom stereocenters. The normalized spacial score (nSPS) is 15.3. The van der Waals surface area contributed by atoms with E-state index >= 15 is 0 Å². The number of aromatic nitrogens is 1. The van der Waals surface area contributed by atoms with Gasteiger partial charge < -0.3 is 20.5 Å². The molecule has 0 saturated carbocycles. The van der Waals surface area contributed by atoms with Crippen LogP contribution in [0.5, 0.6) is 0 Å². The lowest BCUT2D eigenvalue weighted by Crippen LogP contribution is -2.37. The SMILES string of the molecule is C/C=C/OC(=O)c1cnc2c(N)cccc2c1NCCCN1CCOCC1. The fraction of sp³-hybridized carbons (Fsp3) is 0.400. The highest BCUT2D eigenvalue weighted by Gasteiger charge is 2.17. The smallest absolute Gasteiger partial charge is 0.346 e. The van der Waals surface area contributed by atoms with Crippen LogP contribution in [0.3, 0.4) is 0 Å². The topological polar surface area (TPSA) is 89.7 Å². The molecule has 0 radical (unpaired) electrons. The van der Waals surface area contributed by atoms with Crippen LogP contribution in [0.2, 0.25) is 0 Å². The second kappa shape index (κ2) is 9.34. The van der Waals surface area contributed by atoms with Crippen LogP contribution in [0.1, 0.15) is 23.7 Å². The van der Waals surface area contributed by atoms with Gasteiger partial charge in [-0.3, -0.25) is 9.88 Å². The van der Waals surface area contributed by atoms with Crippen LogP contribution in [-0.4, -0.2) is 55.2 Å². The highest BCUT2D eigenvalue weighted by molar-refractivity contribution is 6.07. The minimum absolute atomic E-state index is 0.401. The summed E-state index contributed by atoms with van der Waals surface area (Å²) in [4.78, 5) is 19.2. The number of benzene rings is 1. The Morgan fingerprint density at radius 1 is 1.41 bits per heavy atom. The Labute approximate surface area is 159 Å². The van der Waals surface area contributed by atoms with Crippen molar-refractivity contribution >= 4 is 28.2 Å². The predicted molar refractivity (Wildman–Crippen MR) is 107 cm³/mol. The fourth-order valence-electron chi connectivity index (χ4n) is 3.13. The van der Waals surface area contributed by atoms with Crippen molar-refractivity contribution < 1.29 is 14.3 Å². The highest BCUT2D eigenvalue weighted by atomic mass is 16.5. The fourth-order valence-corrected chi connectivity index (χ4v) is 3.13. The van der Waals surface area contributed by atoms with Gasteiger partial charge in [-0.05, 0) is 26.0 Å². The molecular formula is C20H26N4O3. The maximum Gasteiger partial charge on any atom is 0.346 e. The van der Waals surface area contributed by atoms with E-state index in [1.165, 1.54) is 12.5 Å². The molecule has 1 saturated heterocycles. The van der Waals surface area contributed by atoms with Crippen molar-refractivity contribution in [3.63, 3.8) is 0 Å². The molecule has 2 aromatic rings. The number of rotatable bonds is 7. The third kappa shape index (κ3) is 4.75. The summed E-state index contributed by atoms with van der Waals surface area (Å²) in [6, 6.07) is 5.57. The molecule has 0 aliphatic carbocycles. The van der Waals surface area contributed by atoms with Crippen LogP contribution in [0.4, 0.5) is 11.4 Å². The first kappa shape index (κ1) is 19.1. The molecule has 0 atom stereocenters. The van der Waals surface area contributed by atoms with Gasteiger partial charge in [-0.25, -0.2) is 4.79 Å². The molecule has 7 nitrogen and oxygen atoms in total. The van der Waals surface area contributed by atoms with Crippen LogP contribution in [0.25, 0.3) is 10.9 Å². The van der Waals surface area contributed by atoms with E-state index in [9.17, 15) is 4.79 Å². The van der Waals surface area contributed by atoms with Crippen molar-refractivity contribution in [2.24, 2.45) is 0 Å². The molecule has 2 heterocycles. The van der Waals surface area contributed by atoms with E-state index in [4.69, 9.17) is 15.2 Å². The number of pyridine rings is 1. The van der Waals surface area contributed by atoms with Crippen molar-refractivity contribution in [1.82, 2.24) is 9.88 Å². The van der Waals surface area contributed by atoms with Gasteiger partial charge in [0.25, 0.3) is 0 Å². The third-order valence-electron chi connectivity index (χ3n) is 4.52. The summed E-state index contributed by atoms with van der Waals surface area (Å²) in [6.45, 7) is 7.03. The van der Waals surface area contributed by atoms with Gasteiger partial charge in [0.1, 0.15) is 5.56 Å². The largest absolute Gasteiger partial charge is 0.431 e. The second-order valence-electron chi connectivity index (χ2n) is 6.40. The van der Waals surface area contributed by atoms with Gasteiger partial charge in [-0.2, -0.15) is 0 Å². The van der Waals surface area contributed by atoms with E-state index in [0.717, 1.165) is 51.2 Å². The lowest BCUT2D eigenvalue weighted by molar-refractivity contribution is 0.0378. The average Bonchev–Trinajstić information content (AvgIpc) is 2.70. The van der Waals surface area contributed by atoms with E-state index in [1.54, 1.807) is 19.1 Å². The van der Waals surface area contributed by atoms with Crippen LogP contribution in [0, 0.1) is 0 Å². The minimum atomic E-state index is -0.444. The number of nitrogens with one attached hydrogen (secondary N) is 1. The molecule has 1 aliphatic heterocycles. The molecule has 1 aromatic carbocycles. The Morgan fingerprint density at radius 2 is 2.22 bits per heavy atom. The molecule has 1 fully saturated rings. The van der Waals surface area contributed by atoms with E-state index in [1.807, 2.05) is 12.1 Å². The molecule has 0 spiro atoms. The molecule has 1 aromatic heterocycles. The lowest BCUT2D eigenvalue weighted by Gasteiger charge is -2.26. The lowest BCUT2D eigenvalue weighted by atomic mass is 10.1. The van der Waals surface area contributed by atoms with Crippen molar-refractivity contribution in [3.05, 3.63) is 42.3 Å². The van der Waals surface area contributed by atoms with E-state index < -0.39 is 5.97 Å². The number of hydrogen-bond donors (Lipinski definition) is 2. The Kier molecular flexibility index (Phi) is 6.62. The second-order valence-corrected chi connectivity index (χ2v) is 6.40. The molecule has 27 heavy (non-hydrogen) atoms.